The van der Waals surface area contributed by atoms with Crippen molar-refractivity contribution in [1.29, 1.82) is 0 Å². The molecule has 5 rings (SSSR count). The molecule has 7 heteroatoms. The predicted molar refractivity (Wildman–Crippen MR) is 126 cm³/mol. The molecule has 1 N–H and O–H groups in total. The maximum Gasteiger partial charge on any atom is 0.230 e. The van der Waals surface area contributed by atoms with Gasteiger partial charge in [-0.1, -0.05) is 6.07 Å². The van der Waals surface area contributed by atoms with E-state index in [2.05, 4.69) is 40.3 Å². The Balaban J connectivity index is 1.50. The molecule has 1 aromatic heterocycles. The molecule has 1 amide bonds. The minimum atomic E-state index is 0.0263. The second-order valence-electron chi connectivity index (χ2n) is 8.95. The van der Waals surface area contributed by atoms with Crippen LogP contribution in [0, 0.1) is 5.92 Å². The van der Waals surface area contributed by atoms with E-state index in [4.69, 9.17) is 9.47 Å². The fourth-order valence-electron chi connectivity index (χ4n) is 5.11. The molecule has 7 nitrogen and oxygen atoms in total. The monoisotopic (exact) mass is 436 g/mol. The van der Waals surface area contributed by atoms with E-state index in [9.17, 15) is 4.79 Å². The first-order chi connectivity index (χ1) is 15.7. The van der Waals surface area contributed by atoms with Gasteiger partial charge in [0.1, 0.15) is 5.82 Å². The Morgan fingerprint density at radius 2 is 2.06 bits per heavy atom. The van der Waals surface area contributed by atoms with E-state index in [0.29, 0.717) is 12.6 Å². The minimum absolute atomic E-state index is 0.0263. The maximum absolute atomic E-state index is 13.8. The molecule has 170 valence electrons. The first-order valence-electron chi connectivity index (χ1n) is 11.7. The lowest BCUT2D eigenvalue weighted by Gasteiger charge is -2.39. The zero-order valence-electron chi connectivity index (χ0n) is 18.9. The number of likely N-dealkylation sites (N-methyl/N-ethyl adjacent to an activating group) is 1. The fourth-order valence-corrected chi connectivity index (χ4v) is 5.11. The summed E-state index contributed by atoms with van der Waals surface area (Å²) in [6.45, 7) is 5.10. The van der Waals surface area contributed by atoms with Gasteiger partial charge in [0.2, 0.25) is 5.91 Å². The van der Waals surface area contributed by atoms with Gasteiger partial charge in [0, 0.05) is 37.0 Å². The molecule has 2 fully saturated rings. The molecule has 32 heavy (non-hydrogen) atoms. The summed E-state index contributed by atoms with van der Waals surface area (Å²) in [5.41, 5.74) is 4.01. The Hall–Kier alpha value is -2.64. The molecule has 0 spiro atoms. The lowest BCUT2D eigenvalue weighted by molar-refractivity contribution is -0.124. The maximum atomic E-state index is 13.8. The van der Waals surface area contributed by atoms with Crippen molar-refractivity contribution in [2.75, 3.05) is 42.0 Å². The van der Waals surface area contributed by atoms with Gasteiger partial charge in [0.05, 0.1) is 43.3 Å². The number of amides is 1. The zero-order chi connectivity index (χ0) is 22.1. The van der Waals surface area contributed by atoms with Crippen LogP contribution in [0.15, 0.2) is 36.5 Å². The minimum Gasteiger partial charge on any atom is -0.381 e. The highest BCUT2D eigenvalue weighted by molar-refractivity contribution is 6.00. The average Bonchev–Trinajstić information content (AvgIpc) is 2.97. The van der Waals surface area contributed by atoms with Crippen molar-refractivity contribution in [3.63, 3.8) is 0 Å². The molecule has 2 aromatic rings. The van der Waals surface area contributed by atoms with Crippen LogP contribution in [0.3, 0.4) is 0 Å². The summed E-state index contributed by atoms with van der Waals surface area (Å²) < 4.78 is 11.0. The Bertz CT molecular complexity index is 969. The molecule has 1 aliphatic carbocycles. The molecule has 3 heterocycles. The van der Waals surface area contributed by atoms with E-state index in [1.807, 2.05) is 17.0 Å². The van der Waals surface area contributed by atoms with Gasteiger partial charge >= 0.3 is 0 Å². The number of pyridine rings is 1. The first-order valence-corrected chi connectivity index (χ1v) is 11.7. The SMILES string of the molecule is CCN(c1ccc2c(c1)N(C(=O)[C@H]1CC[C@H](OC)CC1)Cc1cccnc1N2)C1COC1. The van der Waals surface area contributed by atoms with Crippen LogP contribution in [0.5, 0.6) is 0 Å². The second kappa shape index (κ2) is 9.08. The van der Waals surface area contributed by atoms with Crippen LogP contribution in [0.1, 0.15) is 38.2 Å². The zero-order valence-corrected chi connectivity index (χ0v) is 18.9. The van der Waals surface area contributed by atoms with Crippen molar-refractivity contribution >= 4 is 28.8 Å². The van der Waals surface area contributed by atoms with Crippen molar-refractivity contribution in [2.24, 2.45) is 5.92 Å². The molecule has 0 bridgehead atoms. The van der Waals surface area contributed by atoms with Crippen LogP contribution in [-0.4, -0.2) is 49.9 Å². The summed E-state index contributed by atoms with van der Waals surface area (Å²) >= 11 is 0. The Labute approximate surface area is 189 Å². The third kappa shape index (κ3) is 3.95. The van der Waals surface area contributed by atoms with Crippen LogP contribution in [0.4, 0.5) is 22.9 Å². The summed E-state index contributed by atoms with van der Waals surface area (Å²) in [5, 5.41) is 3.48. The first kappa shape index (κ1) is 21.2. The average molecular weight is 437 g/mol. The standard InChI is InChI=1S/C25H32N4O3/c1-3-28(20-15-32-16-20)19-8-11-22-23(13-19)29(14-18-5-4-12-26-24(18)27-22)25(30)17-6-9-21(31-2)10-7-17/h4-5,8,11-13,17,20-21H,3,6-7,9-10,14-16H2,1-2H3,(H,26,27)/t17-,21-. The van der Waals surface area contributed by atoms with Gasteiger partial charge in [-0.25, -0.2) is 4.98 Å². The van der Waals surface area contributed by atoms with E-state index in [1.165, 1.54) is 0 Å². The number of ether oxygens (including phenoxy) is 2. The molecule has 1 saturated heterocycles. The highest BCUT2D eigenvalue weighted by Gasteiger charge is 2.34. The lowest BCUT2D eigenvalue weighted by atomic mass is 9.86. The number of fused-ring (bicyclic) bond motifs is 2. The number of hydrogen-bond donors (Lipinski definition) is 1. The number of carbonyl (C=O) groups is 1. The van der Waals surface area contributed by atoms with Crippen LogP contribution >= 0.6 is 0 Å². The van der Waals surface area contributed by atoms with Crippen molar-refractivity contribution in [1.82, 2.24) is 4.98 Å². The number of aromatic nitrogens is 1. The third-order valence-corrected chi connectivity index (χ3v) is 7.10. The van der Waals surface area contributed by atoms with Gasteiger partial charge in [-0.15, -0.1) is 0 Å². The summed E-state index contributed by atoms with van der Waals surface area (Å²) in [6, 6.07) is 10.8. The van der Waals surface area contributed by atoms with Gasteiger partial charge in [0.15, 0.2) is 0 Å². The largest absolute Gasteiger partial charge is 0.381 e. The summed E-state index contributed by atoms with van der Waals surface area (Å²) in [5.74, 6) is 1.05. The number of nitrogens with one attached hydrogen (secondary N) is 1. The van der Waals surface area contributed by atoms with E-state index in [0.717, 1.165) is 73.9 Å². The van der Waals surface area contributed by atoms with Crippen molar-refractivity contribution in [2.45, 2.75) is 51.3 Å². The van der Waals surface area contributed by atoms with Crippen molar-refractivity contribution in [3.8, 4) is 0 Å². The third-order valence-electron chi connectivity index (χ3n) is 7.10. The number of benzene rings is 1. The van der Waals surface area contributed by atoms with Gasteiger partial charge < -0.3 is 24.6 Å². The molecule has 2 aliphatic heterocycles. The van der Waals surface area contributed by atoms with Crippen molar-refractivity contribution < 1.29 is 14.3 Å². The molecule has 0 atom stereocenters. The molecule has 0 unspecified atom stereocenters. The number of rotatable bonds is 5. The quantitative estimate of drug-likeness (QED) is 0.761. The van der Waals surface area contributed by atoms with Gasteiger partial charge in [-0.05, 0) is 56.9 Å². The number of methoxy groups -OCH3 is 1. The fraction of sp³-hybridized carbons (Fsp3) is 0.520. The Morgan fingerprint density at radius 3 is 2.75 bits per heavy atom. The van der Waals surface area contributed by atoms with Crippen LogP contribution in [0.25, 0.3) is 0 Å². The van der Waals surface area contributed by atoms with Crippen LogP contribution in [0.2, 0.25) is 0 Å². The van der Waals surface area contributed by atoms with Gasteiger partial charge in [0.25, 0.3) is 0 Å². The number of nitrogens with zero attached hydrogens (tertiary/aromatic N) is 3. The van der Waals surface area contributed by atoms with Gasteiger partial charge in [-0.2, -0.15) is 0 Å². The number of hydrogen-bond acceptors (Lipinski definition) is 6. The summed E-state index contributed by atoms with van der Waals surface area (Å²) in [7, 11) is 1.77. The molecular formula is C25H32N4O3. The van der Waals surface area contributed by atoms with Crippen LogP contribution < -0.4 is 15.1 Å². The summed E-state index contributed by atoms with van der Waals surface area (Å²) in [6.07, 6.45) is 5.69. The van der Waals surface area contributed by atoms with Crippen molar-refractivity contribution in [3.05, 3.63) is 42.1 Å². The highest BCUT2D eigenvalue weighted by Crippen LogP contribution is 2.40. The second-order valence-corrected chi connectivity index (χ2v) is 8.95. The molecule has 0 radical (unpaired) electrons. The molecule has 1 saturated carbocycles. The lowest BCUT2D eigenvalue weighted by Crippen LogP contribution is -2.49. The van der Waals surface area contributed by atoms with E-state index >= 15 is 0 Å². The van der Waals surface area contributed by atoms with E-state index in [-0.39, 0.29) is 17.9 Å². The normalized spacial score (nSPS) is 22.8. The van der Waals surface area contributed by atoms with E-state index in [1.54, 1.807) is 13.3 Å². The molecule has 1 aromatic carbocycles. The highest BCUT2D eigenvalue weighted by atomic mass is 16.5. The molecule has 3 aliphatic rings. The topological polar surface area (TPSA) is 66.9 Å². The molecular weight excluding hydrogens is 404 g/mol. The van der Waals surface area contributed by atoms with E-state index < -0.39 is 0 Å². The van der Waals surface area contributed by atoms with Gasteiger partial charge in [-0.3, -0.25) is 4.79 Å². The Kier molecular flexibility index (Phi) is 6.02. The number of anilines is 4. The smallest absolute Gasteiger partial charge is 0.230 e. The number of carbonyl (C=O) groups excluding carboxylic acids is 1. The summed E-state index contributed by atoms with van der Waals surface area (Å²) in [4.78, 5) is 22.7. The van der Waals surface area contributed by atoms with Crippen LogP contribution in [-0.2, 0) is 20.8 Å². The Morgan fingerprint density at radius 1 is 1.25 bits per heavy atom. The predicted octanol–water partition coefficient (Wildman–Crippen LogP) is 4.10.